The van der Waals surface area contributed by atoms with E-state index < -0.39 is 10.0 Å². The third-order valence-corrected chi connectivity index (χ3v) is 7.49. The first-order valence-electron chi connectivity index (χ1n) is 9.67. The molecule has 1 aliphatic rings. The number of rotatable bonds is 5. The molecule has 2 atom stereocenters. The zero-order valence-electron chi connectivity index (χ0n) is 16.9. The molecule has 1 aliphatic heterocycles. The number of piperidine rings is 1. The second-order valence-electron chi connectivity index (χ2n) is 7.30. The highest BCUT2D eigenvalue weighted by atomic mass is 32.2. The van der Waals surface area contributed by atoms with Crippen LogP contribution < -0.4 is 15.4 Å². The van der Waals surface area contributed by atoms with Gasteiger partial charge in [-0.25, -0.2) is 8.42 Å². The van der Waals surface area contributed by atoms with Crippen molar-refractivity contribution in [2.24, 2.45) is 0 Å². The first-order chi connectivity index (χ1) is 13.8. The monoisotopic (exact) mass is 433 g/mol. The van der Waals surface area contributed by atoms with E-state index in [0.717, 1.165) is 36.4 Å². The average Bonchev–Trinajstić information content (AvgIpc) is 2.68. The summed E-state index contributed by atoms with van der Waals surface area (Å²) >= 11 is 5.34. The summed E-state index contributed by atoms with van der Waals surface area (Å²) in [6.07, 6.45) is 2.86. The van der Waals surface area contributed by atoms with Gasteiger partial charge in [0.25, 0.3) is 0 Å². The van der Waals surface area contributed by atoms with Crippen LogP contribution in [-0.4, -0.2) is 37.0 Å². The van der Waals surface area contributed by atoms with Crippen LogP contribution in [0.15, 0.2) is 53.4 Å². The van der Waals surface area contributed by atoms with E-state index in [0.29, 0.717) is 10.0 Å². The lowest BCUT2D eigenvalue weighted by molar-refractivity contribution is 0.204. The molecule has 0 spiro atoms. The standard InChI is InChI=1S/C21H27N3O3S2/c1-15-5-4-6-16(2)24(15)29(25,26)20-13-9-18(10-14-20)23-21(28)22-17-7-11-19(27-3)12-8-17/h7-16H,4-6H2,1-3H3,(H2,22,23,28)/t15-,16-/m0/s1. The molecular formula is C21H27N3O3S2. The molecule has 156 valence electrons. The minimum atomic E-state index is -3.52. The summed E-state index contributed by atoms with van der Waals surface area (Å²) in [5.41, 5.74) is 1.55. The van der Waals surface area contributed by atoms with Gasteiger partial charge in [0, 0.05) is 23.5 Å². The van der Waals surface area contributed by atoms with Gasteiger partial charge in [-0.1, -0.05) is 6.42 Å². The Morgan fingerprint density at radius 3 is 1.93 bits per heavy atom. The minimum Gasteiger partial charge on any atom is -0.497 e. The van der Waals surface area contributed by atoms with E-state index in [2.05, 4.69) is 10.6 Å². The molecule has 2 aromatic rings. The first kappa shape index (κ1) is 21.5. The van der Waals surface area contributed by atoms with E-state index >= 15 is 0 Å². The van der Waals surface area contributed by atoms with Crippen molar-refractivity contribution >= 4 is 38.7 Å². The minimum absolute atomic E-state index is 0.0165. The average molecular weight is 434 g/mol. The molecular weight excluding hydrogens is 406 g/mol. The van der Waals surface area contributed by atoms with Gasteiger partial charge in [-0.15, -0.1) is 0 Å². The van der Waals surface area contributed by atoms with Crippen molar-refractivity contribution < 1.29 is 13.2 Å². The summed E-state index contributed by atoms with van der Waals surface area (Å²) in [4.78, 5) is 0.303. The lowest BCUT2D eigenvalue weighted by Gasteiger charge is -2.37. The zero-order valence-corrected chi connectivity index (χ0v) is 18.5. The number of thiocarbonyl (C=S) groups is 1. The lowest BCUT2D eigenvalue weighted by Crippen LogP contribution is -2.47. The summed E-state index contributed by atoms with van der Waals surface area (Å²) in [6.45, 7) is 3.96. The van der Waals surface area contributed by atoms with Crippen molar-refractivity contribution in [3.8, 4) is 5.75 Å². The van der Waals surface area contributed by atoms with E-state index in [9.17, 15) is 8.42 Å². The molecule has 1 fully saturated rings. The first-order valence-corrected chi connectivity index (χ1v) is 11.5. The number of ether oxygens (including phenoxy) is 1. The number of nitrogens with one attached hydrogen (secondary N) is 2. The maximum atomic E-state index is 13.1. The van der Waals surface area contributed by atoms with E-state index in [1.807, 2.05) is 38.1 Å². The second kappa shape index (κ2) is 9.11. The van der Waals surface area contributed by atoms with Crippen LogP contribution in [0.1, 0.15) is 33.1 Å². The van der Waals surface area contributed by atoms with Crippen molar-refractivity contribution in [3.05, 3.63) is 48.5 Å². The number of methoxy groups -OCH3 is 1. The van der Waals surface area contributed by atoms with Gasteiger partial charge in [0.2, 0.25) is 10.0 Å². The molecule has 2 N–H and O–H groups in total. The Morgan fingerprint density at radius 1 is 0.966 bits per heavy atom. The number of hydrogen-bond donors (Lipinski definition) is 2. The molecule has 1 heterocycles. The predicted molar refractivity (Wildman–Crippen MR) is 121 cm³/mol. The highest BCUT2D eigenvalue weighted by Crippen LogP contribution is 2.30. The molecule has 29 heavy (non-hydrogen) atoms. The van der Waals surface area contributed by atoms with Crippen molar-refractivity contribution in [3.63, 3.8) is 0 Å². The topological polar surface area (TPSA) is 70.7 Å². The van der Waals surface area contributed by atoms with Gasteiger partial charge < -0.3 is 15.4 Å². The molecule has 0 saturated carbocycles. The Kier molecular flexibility index (Phi) is 6.77. The quantitative estimate of drug-likeness (QED) is 0.679. The lowest BCUT2D eigenvalue weighted by atomic mass is 10.0. The summed E-state index contributed by atoms with van der Waals surface area (Å²) in [5.74, 6) is 0.767. The molecule has 6 nitrogen and oxygen atoms in total. The van der Waals surface area contributed by atoms with E-state index in [-0.39, 0.29) is 12.1 Å². The van der Waals surface area contributed by atoms with Crippen LogP contribution in [0.2, 0.25) is 0 Å². The fourth-order valence-electron chi connectivity index (χ4n) is 3.67. The SMILES string of the molecule is COc1ccc(NC(=S)Nc2ccc(S(=O)(=O)N3[C@@H](C)CCC[C@@H]3C)cc2)cc1. The molecule has 0 aromatic heterocycles. The maximum absolute atomic E-state index is 13.1. The number of anilines is 2. The fraction of sp³-hybridized carbons (Fsp3) is 0.381. The Morgan fingerprint density at radius 2 is 1.45 bits per heavy atom. The molecule has 8 heteroatoms. The number of sulfonamides is 1. The maximum Gasteiger partial charge on any atom is 0.243 e. The Bertz CT molecular complexity index is 934. The largest absolute Gasteiger partial charge is 0.497 e. The normalized spacial score (nSPS) is 20.1. The van der Waals surface area contributed by atoms with Crippen molar-refractivity contribution in [1.29, 1.82) is 0 Å². The van der Waals surface area contributed by atoms with Crippen molar-refractivity contribution in [2.45, 2.75) is 50.1 Å². The van der Waals surface area contributed by atoms with Crippen LogP contribution in [0.5, 0.6) is 5.75 Å². The summed E-state index contributed by atoms with van der Waals surface area (Å²) in [7, 11) is -1.90. The van der Waals surface area contributed by atoms with Crippen LogP contribution in [-0.2, 0) is 10.0 Å². The summed E-state index contributed by atoms with van der Waals surface area (Å²) in [6, 6.07) is 14.2. The van der Waals surface area contributed by atoms with Crippen LogP contribution in [0.3, 0.4) is 0 Å². The van der Waals surface area contributed by atoms with Crippen LogP contribution in [0, 0.1) is 0 Å². The Hall–Kier alpha value is -2.16. The molecule has 3 rings (SSSR count). The third kappa shape index (κ3) is 5.07. The van der Waals surface area contributed by atoms with Crippen molar-refractivity contribution in [2.75, 3.05) is 17.7 Å². The van der Waals surface area contributed by atoms with Gasteiger partial charge in [0.1, 0.15) is 5.75 Å². The summed E-state index contributed by atoms with van der Waals surface area (Å²) in [5, 5.41) is 6.58. The fourth-order valence-corrected chi connectivity index (χ4v) is 5.79. The van der Waals surface area contributed by atoms with Gasteiger partial charge >= 0.3 is 0 Å². The molecule has 1 saturated heterocycles. The van der Waals surface area contributed by atoms with E-state index in [1.54, 1.807) is 35.7 Å². The highest BCUT2D eigenvalue weighted by Gasteiger charge is 2.35. The highest BCUT2D eigenvalue weighted by molar-refractivity contribution is 7.89. The smallest absolute Gasteiger partial charge is 0.243 e. The zero-order chi connectivity index (χ0) is 21.0. The Labute approximate surface area is 178 Å². The van der Waals surface area contributed by atoms with E-state index in [1.165, 1.54) is 0 Å². The Balaban J connectivity index is 1.66. The van der Waals surface area contributed by atoms with Crippen LogP contribution >= 0.6 is 12.2 Å². The number of benzene rings is 2. The molecule has 0 amide bonds. The van der Waals surface area contributed by atoms with Crippen LogP contribution in [0.4, 0.5) is 11.4 Å². The van der Waals surface area contributed by atoms with Gasteiger partial charge in [-0.2, -0.15) is 4.31 Å². The van der Waals surface area contributed by atoms with Gasteiger partial charge in [-0.3, -0.25) is 0 Å². The molecule has 0 aliphatic carbocycles. The molecule has 0 unspecified atom stereocenters. The number of hydrogen-bond acceptors (Lipinski definition) is 4. The second-order valence-corrected chi connectivity index (χ2v) is 9.55. The molecule has 0 bridgehead atoms. The summed E-state index contributed by atoms with van der Waals surface area (Å²) < 4.78 is 33.0. The van der Waals surface area contributed by atoms with Crippen LogP contribution in [0.25, 0.3) is 0 Å². The van der Waals surface area contributed by atoms with Gasteiger partial charge in [0.15, 0.2) is 5.11 Å². The van der Waals surface area contributed by atoms with Gasteiger partial charge in [0.05, 0.1) is 12.0 Å². The third-order valence-electron chi connectivity index (χ3n) is 5.15. The van der Waals surface area contributed by atoms with E-state index in [4.69, 9.17) is 17.0 Å². The predicted octanol–water partition coefficient (Wildman–Crippen LogP) is 4.46. The molecule has 2 aromatic carbocycles. The van der Waals surface area contributed by atoms with Crippen molar-refractivity contribution in [1.82, 2.24) is 4.31 Å². The van der Waals surface area contributed by atoms with Gasteiger partial charge in [-0.05, 0) is 87.4 Å². The number of nitrogens with zero attached hydrogens (tertiary/aromatic N) is 1. The molecule has 0 radical (unpaired) electrons.